The van der Waals surface area contributed by atoms with Crippen molar-refractivity contribution >= 4 is 23.1 Å². The fourth-order valence-corrected chi connectivity index (χ4v) is 3.81. The topological polar surface area (TPSA) is 81.0 Å². The summed E-state index contributed by atoms with van der Waals surface area (Å²) in [7, 11) is 1.90. The Bertz CT molecular complexity index is 1110. The highest BCUT2D eigenvalue weighted by Crippen LogP contribution is 2.33. The van der Waals surface area contributed by atoms with E-state index in [9.17, 15) is 10.1 Å². The van der Waals surface area contributed by atoms with E-state index in [1.807, 2.05) is 32.7 Å². The number of benzene rings is 2. The molecule has 0 spiro atoms. The van der Waals surface area contributed by atoms with E-state index < -0.39 is 11.7 Å². The molecule has 1 aliphatic heterocycles. The zero-order chi connectivity index (χ0) is 24.1. The van der Waals surface area contributed by atoms with Crippen LogP contribution in [0.2, 0.25) is 0 Å². The summed E-state index contributed by atoms with van der Waals surface area (Å²) in [5, 5.41) is 18.3. The lowest BCUT2D eigenvalue weighted by molar-refractivity contribution is 0.101. The minimum atomic E-state index is -0.574. The molecule has 1 heterocycles. The van der Waals surface area contributed by atoms with Crippen molar-refractivity contribution in [3.8, 4) is 11.8 Å². The van der Waals surface area contributed by atoms with Crippen LogP contribution in [0.1, 0.15) is 61.5 Å². The van der Waals surface area contributed by atoms with Crippen molar-refractivity contribution in [2.24, 2.45) is 5.10 Å². The van der Waals surface area contributed by atoms with Crippen LogP contribution in [0.3, 0.4) is 0 Å². The summed E-state index contributed by atoms with van der Waals surface area (Å²) in [5.41, 5.74) is 1.79. The summed E-state index contributed by atoms with van der Waals surface area (Å²) >= 11 is 0. The molecule has 1 N–H and O–H groups in total. The number of para-hydroxylation sites is 1. The Morgan fingerprint density at radius 1 is 1.36 bits per heavy atom. The Labute approximate surface area is 194 Å². The number of carbonyl (C=O) groups is 1. The molecule has 0 bridgehead atoms. The van der Waals surface area contributed by atoms with Crippen LogP contribution in [-0.2, 0) is 0 Å². The number of hydrogen-bond donors (Lipinski definition) is 1. The number of hydrogen-bond acceptors (Lipinski definition) is 6. The van der Waals surface area contributed by atoms with E-state index in [-0.39, 0.29) is 23.1 Å². The van der Waals surface area contributed by atoms with Crippen LogP contribution in [0, 0.1) is 24.1 Å². The zero-order valence-corrected chi connectivity index (χ0v) is 19.8. The van der Waals surface area contributed by atoms with E-state index in [1.54, 1.807) is 30.1 Å². The Morgan fingerprint density at radius 2 is 2.12 bits per heavy atom. The van der Waals surface area contributed by atoms with Gasteiger partial charge < -0.3 is 15.0 Å². The van der Waals surface area contributed by atoms with Gasteiger partial charge in [-0.1, -0.05) is 32.4 Å². The molecule has 174 valence electrons. The number of hydrazone groups is 1. The second-order valence-corrected chi connectivity index (χ2v) is 8.19. The Morgan fingerprint density at radius 3 is 2.76 bits per heavy atom. The summed E-state index contributed by atoms with van der Waals surface area (Å²) in [6.45, 7) is 8.16. The first-order valence-electron chi connectivity index (χ1n) is 11.2. The van der Waals surface area contributed by atoms with Crippen LogP contribution in [-0.4, -0.2) is 36.5 Å². The number of halogens is 1. The van der Waals surface area contributed by atoms with Gasteiger partial charge in [-0.05, 0) is 38.0 Å². The maximum atomic E-state index is 15.2. The second kappa shape index (κ2) is 10.3. The van der Waals surface area contributed by atoms with Gasteiger partial charge in [-0.2, -0.15) is 10.4 Å². The van der Waals surface area contributed by atoms with Crippen molar-refractivity contribution in [2.45, 2.75) is 53.1 Å². The molecule has 1 amide bonds. The molecular formula is C25H30FN5O2. The molecule has 1 aliphatic rings. The molecule has 3 rings (SSSR count). The third-order valence-corrected chi connectivity index (χ3v) is 5.57. The van der Waals surface area contributed by atoms with Gasteiger partial charge in [0.25, 0.3) is 5.91 Å². The Balaban J connectivity index is 2.02. The molecule has 0 aliphatic carbocycles. The van der Waals surface area contributed by atoms with Crippen molar-refractivity contribution in [3.63, 3.8) is 0 Å². The van der Waals surface area contributed by atoms with Gasteiger partial charge in [0.05, 0.1) is 22.9 Å². The molecular weight excluding hydrogens is 421 g/mol. The number of ether oxygens (including phenoxy) is 1. The summed E-state index contributed by atoms with van der Waals surface area (Å²) in [4.78, 5) is 15.2. The first kappa shape index (κ1) is 24.1. The van der Waals surface area contributed by atoms with Crippen molar-refractivity contribution < 1.29 is 13.9 Å². The fraction of sp³-hybridized carbons (Fsp3) is 0.400. The van der Waals surface area contributed by atoms with Crippen LogP contribution in [0.25, 0.3) is 0 Å². The van der Waals surface area contributed by atoms with Gasteiger partial charge in [0, 0.05) is 19.5 Å². The molecule has 8 heteroatoms. The molecule has 33 heavy (non-hydrogen) atoms. The molecule has 1 atom stereocenters. The van der Waals surface area contributed by atoms with Gasteiger partial charge in [0.2, 0.25) is 0 Å². The number of anilines is 2. The minimum absolute atomic E-state index is 0.0681. The highest BCUT2D eigenvalue weighted by molar-refractivity contribution is 6.07. The SMILES string of the molecule is CCC[C@H](C)Oc1cc(N2CN(C)C(CC)=N2)c(F)cc1C(=O)Nc1c(C)cccc1C#N. The van der Waals surface area contributed by atoms with Crippen LogP contribution in [0.4, 0.5) is 15.8 Å². The number of rotatable bonds is 8. The number of nitrogens with one attached hydrogen (secondary N) is 1. The third kappa shape index (κ3) is 5.25. The van der Waals surface area contributed by atoms with E-state index in [4.69, 9.17) is 4.74 Å². The molecule has 0 fully saturated rings. The normalized spacial score (nSPS) is 14.0. The zero-order valence-electron chi connectivity index (χ0n) is 19.8. The summed E-state index contributed by atoms with van der Waals surface area (Å²) in [5.74, 6) is 0.0121. The van der Waals surface area contributed by atoms with Gasteiger partial charge in [-0.15, -0.1) is 0 Å². The number of amides is 1. The molecule has 2 aromatic rings. The van der Waals surface area contributed by atoms with Crippen LogP contribution >= 0.6 is 0 Å². The maximum Gasteiger partial charge on any atom is 0.259 e. The lowest BCUT2D eigenvalue weighted by atomic mass is 10.1. The van der Waals surface area contributed by atoms with Gasteiger partial charge in [0.15, 0.2) is 0 Å². The molecule has 0 saturated carbocycles. The smallest absolute Gasteiger partial charge is 0.259 e. The quantitative estimate of drug-likeness (QED) is 0.592. The van der Waals surface area contributed by atoms with E-state index in [0.29, 0.717) is 17.9 Å². The molecule has 0 aromatic heterocycles. The molecule has 0 unspecified atom stereocenters. The van der Waals surface area contributed by atoms with E-state index in [1.165, 1.54) is 12.1 Å². The van der Waals surface area contributed by atoms with E-state index in [2.05, 4.69) is 16.5 Å². The summed E-state index contributed by atoms with van der Waals surface area (Å²) < 4.78 is 21.3. The van der Waals surface area contributed by atoms with Crippen molar-refractivity contribution in [2.75, 3.05) is 24.0 Å². The number of carbonyl (C=O) groups excluding carboxylic acids is 1. The number of amidine groups is 1. The number of aryl methyl sites for hydroxylation is 1. The van der Waals surface area contributed by atoms with Gasteiger partial charge in [0.1, 0.15) is 35.8 Å². The van der Waals surface area contributed by atoms with E-state index in [0.717, 1.165) is 30.7 Å². The van der Waals surface area contributed by atoms with Crippen LogP contribution in [0.5, 0.6) is 5.75 Å². The van der Waals surface area contributed by atoms with Gasteiger partial charge in [-0.25, -0.2) is 9.40 Å². The van der Waals surface area contributed by atoms with E-state index >= 15 is 4.39 Å². The van der Waals surface area contributed by atoms with Crippen molar-refractivity contribution in [1.82, 2.24) is 4.90 Å². The van der Waals surface area contributed by atoms with Gasteiger partial charge in [-0.3, -0.25) is 4.79 Å². The fourth-order valence-electron chi connectivity index (χ4n) is 3.81. The van der Waals surface area contributed by atoms with Crippen LogP contribution in [0.15, 0.2) is 35.4 Å². The lowest BCUT2D eigenvalue weighted by Gasteiger charge is -2.22. The van der Waals surface area contributed by atoms with Crippen molar-refractivity contribution in [1.29, 1.82) is 5.26 Å². The monoisotopic (exact) mass is 451 g/mol. The first-order chi connectivity index (χ1) is 15.8. The highest BCUT2D eigenvalue weighted by Gasteiger charge is 2.26. The lowest BCUT2D eigenvalue weighted by Crippen LogP contribution is -2.27. The highest BCUT2D eigenvalue weighted by atomic mass is 19.1. The number of nitrogens with zero attached hydrogens (tertiary/aromatic N) is 4. The second-order valence-electron chi connectivity index (χ2n) is 8.19. The summed E-state index contributed by atoms with van der Waals surface area (Å²) in [6, 6.07) is 9.97. The summed E-state index contributed by atoms with van der Waals surface area (Å²) in [6.07, 6.45) is 2.26. The molecule has 0 saturated heterocycles. The van der Waals surface area contributed by atoms with Crippen molar-refractivity contribution in [3.05, 3.63) is 52.8 Å². The largest absolute Gasteiger partial charge is 0.490 e. The van der Waals surface area contributed by atoms with Crippen LogP contribution < -0.4 is 15.1 Å². The predicted molar refractivity (Wildman–Crippen MR) is 128 cm³/mol. The molecule has 2 aromatic carbocycles. The Hall–Kier alpha value is -3.60. The molecule has 0 radical (unpaired) electrons. The minimum Gasteiger partial charge on any atom is -0.490 e. The average molecular weight is 452 g/mol. The Kier molecular flexibility index (Phi) is 7.54. The molecule has 7 nitrogen and oxygen atoms in total. The maximum absolute atomic E-state index is 15.2. The number of nitriles is 1. The average Bonchev–Trinajstić information content (AvgIpc) is 3.16. The van der Waals surface area contributed by atoms with Gasteiger partial charge >= 0.3 is 0 Å². The first-order valence-corrected chi connectivity index (χ1v) is 11.2. The predicted octanol–water partition coefficient (Wildman–Crippen LogP) is 5.26. The standard InChI is InChI=1S/C25H30FN5O2/c1-6-9-17(4)33-22-13-21(31-15-30(5)23(7-2)29-31)20(26)12-19(22)25(32)28-24-16(3)10-8-11-18(24)14-27/h8,10-13,17H,6-7,9,15H2,1-5H3,(H,28,32)/t17-/m0/s1. The third-order valence-electron chi connectivity index (χ3n) is 5.57.